The van der Waals surface area contributed by atoms with E-state index in [1.54, 1.807) is 9.80 Å². The van der Waals surface area contributed by atoms with Gasteiger partial charge in [-0.25, -0.2) is 14.8 Å². The summed E-state index contributed by atoms with van der Waals surface area (Å²) in [5, 5.41) is 2.96. The quantitative estimate of drug-likeness (QED) is 0.414. The molecular weight excluding hydrogens is 470 g/mol. The molecule has 2 heterocycles. The Balaban J connectivity index is 1.63. The van der Waals surface area contributed by atoms with Crippen LogP contribution in [0.25, 0.3) is 11.4 Å². The van der Waals surface area contributed by atoms with Gasteiger partial charge in [0.25, 0.3) is 5.91 Å². The first-order valence-electron chi connectivity index (χ1n) is 12.0. The minimum absolute atomic E-state index is 0.0948. The van der Waals surface area contributed by atoms with Crippen molar-refractivity contribution < 1.29 is 19.1 Å². The van der Waals surface area contributed by atoms with Gasteiger partial charge in [0.05, 0.1) is 6.61 Å². The maximum absolute atomic E-state index is 13.2. The molecule has 1 aliphatic rings. The molecule has 1 N–H and O–H groups in total. The van der Waals surface area contributed by atoms with Gasteiger partial charge in [-0.05, 0) is 12.8 Å². The second kappa shape index (κ2) is 13.0. The number of hydrogen-bond donors (Lipinski definition) is 1. The number of carbonyl (C=O) groups excluding carboxylic acids is 3. The molecule has 2 aromatic rings. The van der Waals surface area contributed by atoms with E-state index in [0.717, 1.165) is 18.4 Å². The van der Waals surface area contributed by atoms with Gasteiger partial charge in [-0.2, -0.15) is 0 Å². The number of aromatic nitrogens is 2. The van der Waals surface area contributed by atoms with Gasteiger partial charge >= 0.3 is 6.09 Å². The van der Waals surface area contributed by atoms with Crippen molar-refractivity contribution in [1.29, 1.82) is 0 Å². The molecular formula is C25H32ClN5O4. The summed E-state index contributed by atoms with van der Waals surface area (Å²) in [5.41, 5.74) is 0.828. The van der Waals surface area contributed by atoms with E-state index in [2.05, 4.69) is 15.3 Å². The summed E-state index contributed by atoms with van der Waals surface area (Å²) < 4.78 is 5.26. The molecule has 1 atom stereocenters. The van der Waals surface area contributed by atoms with E-state index >= 15 is 0 Å². The van der Waals surface area contributed by atoms with Crippen LogP contribution in [0.3, 0.4) is 0 Å². The van der Waals surface area contributed by atoms with E-state index in [0.29, 0.717) is 51.5 Å². The van der Waals surface area contributed by atoms with Crippen LogP contribution in [0.15, 0.2) is 36.4 Å². The van der Waals surface area contributed by atoms with E-state index in [-0.39, 0.29) is 22.8 Å². The van der Waals surface area contributed by atoms with E-state index < -0.39 is 11.9 Å². The molecule has 1 aliphatic heterocycles. The van der Waals surface area contributed by atoms with Crippen molar-refractivity contribution >= 4 is 29.5 Å². The third-order valence-corrected chi connectivity index (χ3v) is 5.91. The maximum atomic E-state index is 13.2. The van der Waals surface area contributed by atoms with Gasteiger partial charge < -0.3 is 19.9 Å². The van der Waals surface area contributed by atoms with Crippen LogP contribution in [-0.4, -0.2) is 76.5 Å². The van der Waals surface area contributed by atoms with Gasteiger partial charge in [-0.3, -0.25) is 9.59 Å². The number of benzene rings is 1. The molecule has 1 fully saturated rings. The number of piperazine rings is 1. The second-order valence-electron chi connectivity index (χ2n) is 8.36. The van der Waals surface area contributed by atoms with Crippen LogP contribution in [0.5, 0.6) is 0 Å². The average molecular weight is 502 g/mol. The number of rotatable bonds is 9. The Hall–Kier alpha value is -3.20. The monoisotopic (exact) mass is 501 g/mol. The Bertz CT molecular complexity index is 1010. The van der Waals surface area contributed by atoms with E-state index in [1.807, 2.05) is 44.2 Å². The highest BCUT2D eigenvalue weighted by Crippen LogP contribution is 2.18. The molecule has 0 spiro atoms. The number of hydrogen-bond acceptors (Lipinski definition) is 6. The predicted molar refractivity (Wildman–Crippen MR) is 133 cm³/mol. The van der Waals surface area contributed by atoms with Gasteiger partial charge in [-0.15, -0.1) is 0 Å². The Morgan fingerprint density at radius 2 is 1.71 bits per heavy atom. The molecule has 1 aromatic carbocycles. The Kier molecular flexibility index (Phi) is 9.84. The zero-order valence-corrected chi connectivity index (χ0v) is 21.0. The Morgan fingerprint density at radius 1 is 1.03 bits per heavy atom. The molecule has 1 saturated heterocycles. The molecule has 9 nitrogen and oxygen atoms in total. The zero-order valence-electron chi connectivity index (χ0n) is 20.2. The van der Waals surface area contributed by atoms with Crippen molar-refractivity contribution in [2.75, 3.05) is 32.8 Å². The van der Waals surface area contributed by atoms with Crippen LogP contribution in [0.4, 0.5) is 4.79 Å². The highest BCUT2D eigenvalue weighted by Gasteiger charge is 2.30. The lowest BCUT2D eigenvalue weighted by Crippen LogP contribution is -2.56. The van der Waals surface area contributed by atoms with Gasteiger partial charge in [0.15, 0.2) is 5.82 Å². The van der Waals surface area contributed by atoms with Gasteiger partial charge in [0, 0.05) is 37.8 Å². The summed E-state index contributed by atoms with van der Waals surface area (Å²) in [5.74, 6) is -0.331. The fraction of sp³-hybridized carbons (Fsp3) is 0.480. The van der Waals surface area contributed by atoms with Crippen LogP contribution in [0, 0.1) is 0 Å². The smallest absolute Gasteiger partial charge is 0.409 e. The summed E-state index contributed by atoms with van der Waals surface area (Å²) in [6.07, 6.45) is 2.62. The van der Waals surface area contributed by atoms with Crippen molar-refractivity contribution in [1.82, 2.24) is 25.1 Å². The van der Waals surface area contributed by atoms with Crippen LogP contribution in [0.2, 0.25) is 5.15 Å². The largest absolute Gasteiger partial charge is 0.449 e. The first-order chi connectivity index (χ1) is 16.9. The molecule has 35 heavy (non-hydrogen) atoms. The van der Waals surface area contributed by atoms with Crippen LogP contribution < -0.4 is 5.32 Å². The molecule has 0 bridgehead atoms. The summed E-state index contributed by atoms with van der Waals surface area (Å²) in [7, 11) is 0. The van der Waals surface area contributed by atoms with E-state index in [4.69, 9.17) is 16.3 Å². The number of nitrogens with one attached hydrogen (secondary N) is 1. The fourth-order valence-corrected chi connectivity index (χ4v) is 3.94. The fourth-order valence-electron chi connectivity index (χ4n) is 3.75. The summed E-state index contributed by atoms with van der Waals surface area (Å²) in [6.45, 7) is 5.94. The van der Waals surface area contributed by atoms with E-state index in [9.17, 15) is 14.4 Å². The molecule has 1 unspecified atom stereocenters. The topological polar surface area (TPSA) is 105 Å². The Morgan fingerprint density at radius 3 is 2.37 bits per heavy atom. The van der Waals surface area contributed by atoms with Crippen molar-refractivity contribution in [2.24, 2.45) is 0 Å². The van der Waals surface area contributed by atoms with Crippen molar-refractivity contribution in [2.45, 2.75) is 45.6 Å². The lowest BCUT2D eigenvalue weighted by Gasteiger charge is -2.36. The van der Waals surface area contributed by atoms with Crippen molar-refractivity contribution in [3.05, 3.63) is 47.2 Å². The Labute approximate surface area is 210 Å². The lowest BCUT2D eigenvalue weighted by atomic mass is 10.1. The summed E-state index contributed by atoms with van der Waals surface area (Å²) in [4.78, 5) is 50.3. The molecule has 1 aromatic heterocycles. The van der Waals surface area contributed by atoms with Crippen LogP contribution in [0.1, 0.15) is 50.0 Å². The number of halogens is 1. The number of unbranched alkanes of at least 4 members (excludes halogenated alkanes) is 1. The molecule has 3 rings (SSSR count). The second-order valence-corrected chi connectivity index (χ2v) is 8.75. The summed E-state index contributed by atoms with van der Waals surface area (Å²) in [6, 6.07) is 9.91. The molecule has 0 radical (unpaired) electrons. The summed E-state index contributed by atoms with van der Waals surface area (Å²) >= 11 is 6.16. The minimum atomic E-state index is -0.704. The van der Waals surface area contributed by atoms with Gasteiger partial charge in [-0.1, -0.05) is 68.6 Å². The predicted octanol–water partition coefficient (Wildman–Crippen LogP) is 3.78. The number of nitrogens with zero attached hydrogens (tertiary/aromatic N) is 4. The zero-order chi connectivity index (χ0) is 25.2. The molecule has 10 heteroatoms. The standard InChI is InChI=1S/C25H32ClN5O4/c1-3-5-16-35-25(34)31-14-12-30(13-15-31)24(33)19(9-4-2)28-23(32)20-17-21(26)29-22(27-20)18-10-7-6-8-11-18/h6-8,10-11,17,19H,3-5,9,12-16H2,1-2H3,(H,28,32). The first-order valence-corrected chi connectivity index (χ1v) is 12.4. The first kappa shape index (κ1) is 26.4. The molecule has 188 valence electrons. The number of ether oxygens (including phenoxy) is 1. The van der Waals surface area contributed by atoms with Gasteiger partial charge in [0.2, 0.25) is 5.91 Å². The van der Waals surface area contributed by atoms with Crippen molar-refractivity contribution in [3.8, 4) is 11.4 Å². The maximum Gasteiger partial charge on any atom is 0.409 e. The SMILES string of the molecule is CCCCOC(=O)N1CCN(C(=O)C(CCC)NC(=O)c2cc(Cl)nc(-c3ccccc3)n2)CC1. The number of amides is 3. The molecule has 3 amide bonds. The average Bonchev–Trinajstić information content (AvgIpc) is 2.88. The van der Waals surface area contributed by atoms with Crippen LogP contribution in [-0.2, 0) is 9.53 Å². The highest BCUT2D eigenvalue weighted by atomic mass is 35.5. The van der Waals surface area contributed by atoms with E-state index in [1.165, 1.54) is 6.07 Å². The highest BCUT2D eigenvalue weighted by molar-refractivity contribution is 6.29. The molecule has 0 aliphatic carbocycles. The van der Waals surface area contributed by atoms with Crippen LogP contribution >= 0.6 is 11.6 Å². The third kappa shape index (κ3) is 7.39. The van der Waals surface area contributed by atoms with Crippen molar-refractivity contribution in [3.63, 3.8) is 0 Å². The normalized spacial score (nSPS) is 14.4. The lowest BCUT2D eigenvalue weighted by molar-refractivity contribution is -0.135. The number of carbonyl (C=O) groups is 3. The minimum Gasteiger partial charge on any atom is -0.449 e. The molecule has 0 saturated carbocycles. The van der Waals surface area contributed by atoms with Gasteiger partial charge in [0.1, 0.15) is 16.9 Å². The third-order valence-electron chi connectivity index (χ3n) is 5.71.